The van der Waals surface area contributed by atoms with Crippen LogP contribution in [0.25, 0.3) is 0 Å². The van der Waals surface area contributed by atoms with Gasteiger partial charge in [-0.2, -0.15) is 0 Å². The summed E-state index contributed by atoms with van der Waals surface area (Å²) in [6, 6.07) is -0.626. The van der Waals surface area contributed by atoms with Crippen LogP contribution < -0.4 is 5.73 Å². The Morgan fingerprint density at radius 2 is 2.06 bits per heavy atom. The third-order valence-electron chi connectivity index (χ3n) is 3.87. The van der Waals surface area contributed by atoms with E-state index in [4.69, 9.17) is 5.73 Å². The SMILES string of the molecule is CCN(C(=O)C(N)CC1CC1)C1CCS(=O)(=O)C1. The van der Waals surface area contributed by atoms with Crippen LogP contribution in [0.15, 0.2) is 0 Å². The lowest BCUT2D eigenvalue weighted by molar-refractivity contribution is -0.134. The van der Waals surface area contributed by atoms with Gasteiger partial charge in [-0.15, -0.1) is 0 Å². The van der Waals surface area contributed by atoms with Crippen molar-refractivity contribution >= 4 is 15.7 Å². The molecular formula is C12H22N2O3S. The molecule has 2 aliphatic rings. The van der Waals surface area contributed by atoms with Crippen LogP contribution in [0.1, 0.15) is 32.6 Å². The first-order valence-electron chi connectivity index (χ1n) is 6.69. The fraction of sp³-hybridized carbons (Fsp3) is 0.917. The molecule has 1 saturated carbocycles. The van der Waals surface area contributed by atoms with Crippen LogP contribution >= 0.6 is 0 Å². The van der Waals surface area contributed by atoms with Gasteiger partial charge in [0, 0.05) is 12.6 Å². The predicted octanol–water partition coefficient (Wildman–Crippen LogP) is 0.149. The van der Waals surface area contributed by atoms with Crippen LogP contribution in [0.3, 0.4) is 0 Å². The molecule has 0 aromatic carbocycles. The lowest BCUT2D eigenvalue weighted by Gasteiger charge is -2.29. The number of hydrogen-bond donors (Lipinski definition) is 1. The van der Waals surface area contributed by atoms with Crippen molar-refractivity contribution in [3.05, 3.63) is 0 Å². The number of hydrogen-bond acceptors (Lipinski definition) is 4. The van der Waals surface area contributed by atoms with Gasteiger partial charge in [0.2, 0.25) is 5.91 Å². The molecular weight excluding hydrogens is 252 g/mol. The summed E-state index contributed by atoms with van der Waals surface area (Å²) in [5.41, 5.74) is 5.93. The van der Waals surface area contributed by atoms with Gasteiger partial charge >= 0.3 is 0 Å². The maximum absolute atomic E-state index is 12.2. The van der Waals surface area contributed by atoms with Gasteiger partial charge in [-0.05, 0) is 25.7 Å². The molecule has 2 unspecified atom stereocenters. The first kappa shape index (κ1) is 13.8. The fourth-order valence-electron chi connectivity index (χ4n) is 2.64. The van der Waals surface area contributed by atoms with Crippen LogP contribution in [0.2, 0.25) is 0 Å². The van der Waals surface area contributed by atoms with E-state index in [2.05, 4.69) is 0 Å². The van der Waals surface area contributed by atoms with Gasteiger partial charge < -0.3 is 10.6 Å². The van der Waals surface area contributed by atoms with Crippen molar-refractivity contribution in [3.63, 3.8) is 0 Å². The van der Waals surface area contributed by atoms with E-state index >= 15 is 0 Å². The second-order valence-corrected chi connectivity index (χ2v) is 7.70. The minimum atomic E-state index is -2.96. The standard InChI is InChI=1S/C12H22N2O3S/c1-2-14(10-5-6-18(16,17)8-10)12(15)11(13)7-9-3-4-9/h9-11H,2-8,13H2,1H3. The maximum Gasteiger partial charge on any atom is 0.239 e. The molecule has 1 heterocycles. The molecule has 0 radical (unpaired) electrons. The molecule has 18 heavy (non-hydrogen) atoms. The second-order valence-electron chi connectivity index (χ2n) is 5.47. The molecule has 2 atom stereocenters. The summed E-state index contributed by atoms with van der Waals surface area (Å²) < 4.78 is 22.9. The molecule has 0 bridgehead atoms. The monoisotopic (exact) mass is 274 g/mol. The highest BCUT2D eigenvalue weighted by molar-refractivity contribution is 7.91. The molecule has 0 spiro atoms. The van der Waals surface area contributed by atoms with Crippen molar-refractivity contribution in [2.45, 2.75) is 44.7 Å². The van der Waals surface area contributed by atoms with E-state index in [0.717, 1.165) is 6.42 Å². The van der Waals surface area contributed by atoms with Crippen LogP contribution in [-0.2, 0) is 14.6 Å². The zero-order valence-electron chi connectivity index (χ0n) is 10.8. The van der Waals surface area contributed by atoms with E-state index in [0.29, 0.717) is 18.9 Å². The molecule has 0 aromatic heterocycles. The lowest BCUT2D eigenvalue weighted by atomic mass is 10.1. The van der Waals surface area contributed by atoms with Gasteiger partial charge in [0.05, 0.1) is 17.5 Å². The highest BCUT2D eigenvalue weighted by atomic mass is 32.2. The van der Waals surface area contributed by atoms with Crippen LogP contribution in [0, 0.1) is 5.92 Å². The summed E-state index contributed by atoms with van der Waals surface area (Å²) in [5.74, 6) is 0.823. The molecule has 5 nitrogen and oxygen atoms in total. The predicted molar refractivity (Wildman–Crippen MR) is 69.8 cm³/mol. The third kappa shape index (κ3) is 3.23. The van der Waals surface area contributed by atoms with Gasteiger partial charge in [0.1, 0.15) is 0 Å². The minimum absolute atomic E-state index is 0.0773. The van der Waals surface area contributed by atoms with Crippen molar-refractivity contribution in [2.75, 3.05) is 18.1 Å². The van der Waals surface area contributed by atoms with E-state index in [1.54, 1.807) is 4.90 Å². The molecule has 2 rings (SSSR count). The van der Waals surface area contributed by atoms with Gasteiger partial charge in [-0.1, -0.05) is 12.8 Å². The average molecular weight is 274 g/mol. The van der Waals surface area contributed by atoms with Crippen LogP contribution in [-0.4, -0.2) is 49.4 Å². The lowest BCUT2D eigenvalue weighted by Crippen LogP contribution is -2.49. The van der Waals surface area contributed by atoms with E-state index in [1.807, 2.05) is 6.92 Å². The summed E-state index contributed by atoms with van der Waals surface area (Å²) in [7, 11) is -2.96. The number of carbonyl (C=O) groups excluding carboxylic acids is 1. The summed E-state index contributed by atoms with van der Waals surface area (Å²) in [6.45, 7) is 2.42. The van der Waals surface area contributed by atoms with Crippen LogP contribution in [0.5, 0.6) is 0 Å². The fourth-order valence-corrected chi connectivity index (χ4v) is 4.37. The molecule has 1 amide bonds. The first-order valence-corrected chi connectivity index (χ1v) is 8.51. The Bertz CT molecular complexity index is 417. The molecule has 1 saturated heterocycles. The molecule has 2 N–H and O–H groups in total. The largest absolute Gasteiger partial charge is 0.338 e. The van der Waals surface area contributed by atoms with E-state index < -0.39 is 15.9 Å². The third-order valence-corrected chi connectivity index (χ3v) is 5.62. The number of carbonyl (C=O) groups is 1. The van der Waals surface area contributed by atoms with Crippen molar-refractivity contribution in [1.82, 2.24) is 4.90 Å². The molecule has 0 aromatic rings. The Hall–Kier alpha value is -0.620. The molecule has 2 fully saturated rings. The molecule has 1 aliphatic heterocycles. The molecule has 1 aliphatic carbocycles. The summed E-state index contributed by atoms with van der Waals surface area (Å²) in [6.07, 6.45) is 3.64. The zero-order valence-corrected chi connectivity index (χ0v) is 11.7. The summed E-state index contributed by atoms with van der Waals surface area (Å²) >= 11 is 0. The van der Waals surface area contributed by atoms with Crippen LogP contribution in [0.4, 0.5) is 0 Å². The highest BCUT2D eigenvalue weighted by Crippen LogP contribution is 2.33. The Labute approximate surface area is 109 Å². The summed E-state index contributed by atoms with van der Waals surface area (Å²) in [4.78, 5) is 13.9. The second kappa shape index (κ2) is 5.17. The zero-order chi connectivity index (χ0) is 13.3. The van der Waals surface area contributed by atoms with Gasteiger partial charge in [-0.3, -0.25) is 4.79 Å². The summed E-state index contributed by atoms with van der Waals surface area (Å²) in [5, 5.41) is 0. The Balaban J connectivity index is 1.96. The smallest absolute Gasteiger partial charge is 0.239 e. The highest BCUT2D eigenvalue weighted by Gasteiger charge is 2.36. The minimum Gasteiger partial charge on any atom is -0.338 e. The first-order chi connectivity index (χ1) is 8.43. The van der Waals surface area contributed by atoms with Gasteiger partial charge in [0.15, 0.2) is 9.84 Å². The van der Waals surface area contributed by atoms with E-state index in [1.165, 1.54) is 12.8 Å². The van der Waals surface area contributed by atoms with Crippen molar-refractivity contribution in [1.29, 1.82) is 0 Å². The molecule has 104 valence electrons. The topological polar surface area (TPSA) is 80.5 Å². The van der Waals surface area contributed by atoms with Crippen molar-refractivity contribution in [3.8, 4) is 0 Å². The number of nitrogens with zero attached hydrogens (tertiary/aromatic N) is 1. The van der Waals surface area contributed by atoms with E-state index in [9.17, 15) is 13.2 Å². The van der Waals surface area contributed by atoms with E-state index in [-0.39, 0.29) is 23.5 Å². The number of rotatable bonds is 5. The Morgan fingerprint density at radius 1 is 1.39 bits per heavy atom. The Morgan fingerprint density at radius 3 is 2.50 bits per heavy atom. The number of sulfone groups is 1. The Kier molecular flexibility index (Phi) is 3.96. The van der Waals surface area contributed by atoms with Crippen molar-refractivity contribution < 1.29 is 13.2 Å². The number of amides is 1. The molecule has 6 heteroatoms. The quantitative estimate of drug-likeness (QED) is 0.774. The maximum atomic E-state index is 12.2. The normalized spacial score (nSPS) is 28.0. The average Bonchev–Trinajstić information content (AvgIpc) is 3.03. The van der Waals surface area contributed by atoms with Gasteiger partial charge in [0.25, 0.3) is 0 Å². The number of nitrogens with two attached hydrogens (primary N) is 1. The number of likely N-dealkylation sites (N-methyl/N-ethyl adjacent to an activating group) is 1. The van der Waals surface area contributed by atoms with Gasteiger partial charge in [-0.25, -0.2) is 8.42 Å². The van der Waals surface area contributed by atoms with Crippen molar-refractivity contribution in [2.24, 2.45) is 11.7 Å².